The van der Waals surface area contributed by atoms with Gasteiger partial charge < -0.3 is 15.4 Å². The first-order valence-corrected chi connectivity index (χ1v) is 8.81. The van der Waals surface area contributed by atoms with Crippen LogP contribution in [0.15, 0.2) is 24.4 Å². The van der Waals surface area contributed by atoms with Gasteiger partial charge in [-0.05, 0) is 49.7 Å². The maximum atomic E-state index is 9.59. The number of H-pyrrole nitrogens is 1. The first-order chi connectivity index (χ1) is 10.8. The normalized spacial score (nSPS) is 11.3. The van der Waals surface area contributed by atoms with E-state index in [9.17, 15) is 5.11 Å². The number of phenolic OH excluding ortho intramolecular Hbond substituents is 1. The number of hydrogen-bond donors (Lipinski definition) is 3. The Balaban J connectivity index is 1.57. The van der Waals surface area contributed by atoms with Gasteiger partial charge in [0.15, 0.2) is 0 Å². The highest BCUT2D eigenvalue weighted by Crippen LogP contribution is 2.22. The predicted octanol–water partition coefficient (Wildman–Crippen LogP) is 4.76. The third-order valence-electron chi connectivity index (χ3n) is 4.28. The summed E-state index contributed by atoms with van der Waals surface area (Å²) < 4.78 is 0. The van der Waals surface area contributed by atoms with E-state index in [-0.39, 0.29) is 0 Å². The van der Waals surface area contributed by atoms with Crippen LogP contribution in [0.5, 0.6) is 5.75 Å². The Morgan fingerprint density at radius 1 is 1.00 bits per heavy atom. The van der Waals surface area contributed by atoms with Crippen LogP contribution in [0.4, 0.5) is 0 Å². The van der Waals surface area contributed by atoms with Crippen molar-refractivity contribution in [2.75, 3.05) is 13.1 Å². The number of fused-ring (bicyclic) bond motifs is 1. The standard InChI is InChI=1S/C19H30N2O/c1-2-3-4-5-6-7-8-12-20-13-11-16-15-21-19-10-9-17(22)14-18(16)19/h9-10,14-15,20-22H,2-8,11-13H2,1H3. The lowest BCUT2D eigenvalue weighted by atomic mass is 10.1. The third kappa shape index (κ3) is 5.38. The van der Waals surface area contributed by atoms with E-state index in [0.29, 0.717) is 5.75 Å². The molecule has 0 saturated heterocycles. The summed E-state index contributed by atoms with van der Waals surface area (Å²) in [5.41, 5.74) is 2.37. The lowest BCUT2D eigenvalue weighted by Gasteiger charge is -2.05. The fraction of sp³-hybridized carbons (Fsp3) is 0.579. The van der Waals surface area contributed by atoms with Crippen LogP contribution in [-0.2, 0) is 6.42 Å². The molecule has 0 saturated carbocycles. The van der Waals surface area contributed by atoms with E-state index in [2.05, 4.69) is 23.4 Å². The van der Waals surface area contributed by atoms with Crippen LogP contribution in [-0.4, -0.2) is 23.2 Å². The summed E-state index contributed by atoms with van der Waals surface area (Å²) in [6.07, 6.45) is 12.6. The lowest BCUT2D eigenvalue weighted by Crippen LogP contribution is -2.18. The molecule has 2 rings (SSSR count). The van der Waals surface area contributed by atoms with Gasteiger partial charge in [0.1, 0.15) is 5.75 Å². The third-order valence-corrected chi connectivity index (χ3v) is 4.28. The lowest BCUT2D eigenvalue weighted by molar-refractivity contribution is 0.476. The first kappa shape index (κ1) is 16.9. The van der Waals surface area contributed by atoms with Gasteiger partial charge >= 0.3 is 0 Å². The Bertz CT molecular complexity index is 547. The minimum atomic E-state index is 0.337. The first-order valence-electron chi connectivity index (χ1n) is 8.81. The van der Waals surface area contributed by atoms with Crippen LogP contribution in [0, 0.1) is 0 Å². The van der Waals surface area contributed by atoms with E-state index in [1.165, 1.54) is 50.5 Å². The van der Waals surface area contributed by atoms with Crippen molar-refractivity contribution < 1.29 is 5.11 Å². The molecule has 0 aliphatic rings. The maximum Gasteiger partial charge on any atom is 0.116 e. The number of rotatable bonds is 11. The SMILES string of the molecule is CCCCCCCCCNCCc1c[nH]c2ccc(O)cc12. The average molecular weight is 302 g/mol. The number of aromatic hydroxyl groups is 1. The molecule has 0 fully saturated rings. The molecule has 0 amide bonds. The van der Waals surface area contributed by atoms with E-state index in [0.717, 1.165) is 30.4 Å². The second-order valence-electron chi connectivity index (χ2n) is 6.17. The molecule has 0 aliphatic heterocycles. The van der Waals surface area contributed by atoms with Crippen LogP contribution >= 0.6 is 0 Å². The minimum Gasteiger partial charge on any atom is -0.508 e. The van der Waals surface area contributed by atoms with Gasteiger partial charge in [0.25, 0.3) is 0 Å². The molecule has 3 N–H and O–H groups in total. The van der Waals surface area contributed by atoms with Gasteiger partial charge in [0.05, 0.1) is 0 Å². The number of nitrogens with one attached hydrogen (secondary N) is 2. The molecule has 0 bridgehead atoms. The smallest absolute Gasteiger partial charge is 0.116 e. The fourth-order valence-corrected chi connectivity index (χ4v) is 2.93. The van der Waals surface area contributed by atoms with Crippen molar-refractivity contribution in [3.63, 3.8) is 0 Å². The van der Waals surface area contributed by atoms with Gasteiger partial charge in [-0.3, -0.25) is 0 Å². The van der Waals surface area contributed by atoms with Crippen LogP contribution in [0.3, 0.4) is 0 Å². The number of aromatic nitrogens is 1. The molecule has 22 heavy (non-hydrogen) atoms. The Hall–Kier alpha value is -1.48. The number of hydrogen-bond acceptors (Lipinski definition) is 2. The molecule has 1 aromatic carbocycles. The van der Waals surface area contributed by atoms with Crippen molar-refractivity contribution in [3.8, 4) is 5.75 Å². The van der Waals surface area contributed by atoms with E-state index < -0.39 is 0 Å². The minimum absolute atomic E-state index is 0.337. The number of unbranched alkanes of at least 4 members (excludes halogenated alkanes) is 6. The quantitative estimate of drug-likeness (QED) is 0.524. The zero-order valence-corrected chi connectivity index (χ0v) is 13.8. The van der Waals surface area contributed by atoms with E-state index in [1.54, 1.807) is 6.07 Å². The monoisotopic (exact) mass is 302 g/mol. The van der Waals surface area contributed by atoms with Crippen LogP contribution in [0.1, 0.15) is 57.4 Å². The molecular formula is C19H30N2O. The van der Waals surface area contributed by atoms with Crippen LogP contribution < -0.4 is 5.32 Å². The van der Waals surface area contributed by atoms with Crippen molar-refractivity contribution in [1.29, 1.82) is 0 Å². The molecule has 3 nitrogen and oxygen atoms in total. The molecule has 0 atom stereocenters. The van der Waals surface area contributed by atoms with Gasteiger partial charge in [-0.2, -0.15) is 0 Å². The van der Waals surface area contributed by atoms with Crippen molar-refractivity contribution in [1.82, 2.24) is 10.3 Å². The number of benzene rings is 1. The summed E-state index contributed by atoms with van der Waals surface area (Å²) in [5.74, 6) is 0.337. The summed E-state index contributed by atoms with van der Waals surface area (Å²) in [7, 11) is 0. The molecule has 1 heterocycles. The molecule has 1 aromatic heterocycles. The van der Waals surface area contributed by atoms with Gasteiger partial charge in [-0.15, -0.1) is 0 Å². The summed E-state index contributed by atoms with van der Waals surface area (Å²) in [6, 6.07) is 5.50. The van der Waals surface area contributed by atoms with Crippen LogP contribution in [0.25, 0.3) is 10.9 Å². The maximum absolute atomic E-state index is 9.59. The van der Waals surface area contributed by atoms with Crippen LogP contribution in [0.2, 0.25) is 0 Å². The van der Waals surface area contributed by atoms with Gasteiger partial charge in [0.2, 0.25) is 0 Å². The molecule has 122 valence electrons. The molecule has 0 radical (unpaired) electrons. The van der Waals surface area contributed by atoms with Gasteiger partial charge in [-0.25, -0.2) is 0 Å². The molecule has 0 unspecified atom stereocenters. The second kappa shape index (κ2) is 9.52. The van der Waals surface area contributed by atoms with E-state index in [4.69, 9.17) is 0 Å². The molecule has 2 aromatic rings. The largest absolute Gasteiger partial charge is 0.508 e. The summed E-state index contributed by atoms with van der Waals surface area (Å²) in [4.78, 5) is 3.26. The Morgan fingerprint density at radius 3 is 2.59 bits per heavy atom. The molecule has 0 spiro atoms. The molecule has 3 heteroatoms. The molecular weight excluding hydrogens is 272 g/mol. The average Bonchev–Trinajstić information content (AvgIpc) is 2.91. The second-order valence-corrected chi connectivity index (χ2v) is 6.17. The summed E-state index contributed by atoms with van der Waals surface area (Å²) >= 11 is 0. The van der Waals surface area contributed by atoms with E-state index in [1.807, 2.05) is 12.1 Å². The zero-order valence-electron chi connectivity index (χ0n) is 13.8. The fourth-order valence-electron chi connectivity index (χ4n) is 2.93. The Morgan fingerprint density at radius 2 is 1.77 bits per heavy atom. The Kier molecular flexibility index (Phi) is 7.31. The summed E-state index contributed by atoms with van der Waals surface area (Å²) in [5, 5.41) is 14.3. The number of aromatic amines is 1. The highest BCUT2D eigenvalue weighted by molar-refractivity contribution is 5.84. The van der Waals surface area contributed by atoms with E-state index >= 15 is 0 Å². The van der Waals surface area contributed by atoms with Crippen molar-refractivity contribution in [2.45, 2.75) is 58.3 Å². The van der Waals surface area contributed by atoms with Gasteiger partial charge in [0, 0.05) is 17.1 Å². The van der Waals surface area contributed by atoms with Crippen molar-refractivity contribution in [2.24, 2.45) is 0 Å². The Labute approximate surface area is 134 Å². The highest BCUT2D eigenvalue weighted by atomic mass is 16.3. The molecule has 0 aliphatic carbocycles. The number of phenols is 1. The predicted molar refractivity (Wildman–Crippen MR) is 94.5 cm³/mol. The highest BCUT2D eigenvalue weighted by Gasteiger charge is 2.04. The zero-order chi connectivity index (χ0) is 15.6. The topological polar surface area (TPSA) is 48.0 Å². The van der Waals surface area contributed by atoms with Gasteiger partial charge in [-0.1, -0.05) is 45.4 Å². The summed E-state index contributed by atoms with van der Waals surface area (Å²) in [6.45, 7) is 4.37. The van der Waals surface area contributed by atoms with Crippen molar-refractivity contribution >= 4 is 10.9 Å². The van der Waals surface area contributed by atoms with Crippen molar-refractivity contribution in [3.05, 3.63) is 30.0 Å².